The number of benzene rings is 6. The van der Waals surface area contributed by atoms with Crippen molar-refractivity contribution in [3.63, 3.8) is 0 Å². The Labute approximate surface area is 310 Å². The van der Waals surface area contributed by atoms with E-state index < -0.39 is 14.1 Å². The monoisotopic (exact) mass is 725 g/mol. The molecule has 0 spiro atoms. The second-order valence-electron chi connectivity index (χ2n) is 12.8. The Morgan fingerprint density at radius 1 is 0.423 bits per heavy atom. The molecule has 0 aliphatic heterocycles. The second-order valence-corrected chi connectivity index (χ2v) is 19.2. The Kier molecular flexibility index (Phi) is 13.0. The van der Waals surface area contributed by atoms with E-state index >= 15 is 0 Å². The minimum atomic E-state index is -2.25. The molecular weight excluding hydrogens is 676 g/mol. The van der Waals surface area contributed by atoms with Crippen LogP contribution in [0.25, 0.3) is 0 Å². The van der Waals surface area contributed by atoms with E-state index in [9.17, 15) is 0 Å². The lowest BCUT2D eigenvalue weighted by molar-refractivity contribution is 0.308. The Morgan fingerprint density at radius 3 is 1.00 bits per heavy atom. The molecule has 0 saturated carbocycles. The summed E-state index contributed by atoms with van der Waals surface area (Å²) in [5.74, 6) is 1.67. The Hall–Kier alpha value is -4.66. The van der Waals surface area contributed by atoms with Gasteiger partial charge in [-0.2, -0.15) is 0 Å². The van der Waals surface area contributed by atoms with Gasteiger partial charge in [-0.05, 0) is 82.7 Å². The standard InChI is InChI=1S/C45H49N3O2P2/c1-4-33-48(34-36-51(42-17-9-5-10-18-42,43-19-11-6-12-20-43)46-38-25-29-40(49-2)30-26-38)35-37-52(44-21-13-7-14-22-44,45-23-15-8-16-24-45)47-39-27-31-41(50-3)32-28-39/h5-32H,4,33-37H2,1-3H3. The zero-order chi connectivity index (χ0) is 36.1. The van der Waals surface area contributed by atoms with E-state index in [-0.39, 0.29) is 0 Å². The lowest BCUT2D eigenvalue weighted by atomic mass is 10.3. The molecule has 0 unspecified atom stereocenters. The summed E-state index contributed by atoms with van der Waals surface area (Å²) >= 11 is 0. The SMILES string of the molecule is CCCN(CCP(=Nc1ccc(OC)cc1)(c1ccccc1)c1ccccc1)CCP(=Nc1ccc(OC)cc1)(c1ccccc1)c1ccccc1. The molecule has 0 aliphatic rings. The van der Waals surface area contributed by atoms with Gasteiger partial charge in [-0.3, -0.25) is 9.49 Å². The molecule has 6 rings (SSSR count). The molecule has 266 valence electrons. The molecule has 0 bridgehead atoms. The molecule has 0 atom stereocenters. The number of methoxy groups -OCH3 is 2. The lowest BCUT2D eigenvalue weighted by Gasteiger charge is -2.32. The highest BCUT2D eigenvalue weighted by molar-refractivity contribution is 7.81. The van der Waals surface area contributed by atoms with Crippen LogP contribution < -0.4 is 30.7 Å². The van der Waals surface area contributed by atoms with E-state index in [2.05, 4.69) is 157 Å². The fourth-order valence-corrected chi connectivity index (χ4v) is 13.9. The van der Waals surface area contributed by atoms with Crippen LogP contribution in [0, 0.1) is 0 Å². The summed E-state index contributed by atoms with van der Waals surface area (Å²) in [6.45, 7) is 5.11. The van der Waals surface area contributed by atoms with Gasteiger partial charge < -0.3 is 14.4 Å². The molecular formula is C45H49N3O2P2. The number of ether oxygens (including phenoxy) is 2. The van der Waals surface area contributed by atoms with Crippen LogP contribution in [0.2, 0.25) is 0 Å². The molecule has 0 heterocycles. The van der Waals surface area contributed by atoms with Gasteiger partial charge in [0.25, 0.3) is 0 Å². The van der Waals surface area contributed by atoms with Gasteiger partial charge in [-0.25, -0.2) is 0 Å². The van der Waals surface area contributed by atoms with Crippen LogP contribution >= 0.6 is 14.1 Å². The Morgan fingerprint density at radius 2 is 0.731 bits per heavy atom. The van der Waals surface area contributed by atoms with Crippen LogP contribution in [-0.2, 0) is 0 Å². The lowest BCUT2D eigenvalue weighted by Crippen LogP contribution is -2.34. The maximum absolute atomic E-state index is 5.72. The van der Waals surface area contributed by atoms with Crippen molar-refractivity contribution in [2.24, 2.45) is 9.49 Å². The molecule has 0 saturated heterocycles. The highest BCUT2D eigenvalue weighted by atomic mass is 31.2. The third-order valence-corrected chi connectivity index (χ3v) is 16.9. The molecule has 6 aromatic rings. The van der Waals surface area contributed by atoms with Crippen LogP contribution in [0.15, 0.2) is 179 Å². The quantitative estimate of drug-likeness (QED) is 0.0934. The van der Waals surface area contributed by atoms with Crippen molar-refractivity contribution in [2.45, 2.75) is 13.3 Å². The molecule has 6 aromatic carbocycles. The third-order valence-electron chi connectivity index (χ3n) is 9.47. The van der Waals surface area contributed by atoms with Crippen LogP contribution in [-0.4, -0.2) is 51.1 Å². The van der Waals surface area contributed by atoms with E-state index in [0.717, 1.165) is 61.3 Å². The molecule has 0 aromatic heterocycles. The van der Waals surface area contributed by atoms with Crippen molar-refractivity contribution in [1.29, 1.82) is 0 Å². The largest absolute Gasteiger partial charge is 0.497 e. The summed E-state index contributed by atoms with van der Waals surface area (Å²) in [6.07, 6.45) is 2.91. The van der Waals surface area contributed by atoms with E-state index in [1.54, 1.807) is 14.2 Å². The predicted molar refractivity (Wildman–Crippen MR) is 225 cm³/mol. The summed E-state index contributed by atoms with van der Waals surface area (Å²) in [4.78, 5) is 2.66. The summed E-state index contributed by atoms with van der Waals surface area (Å²) in [6, 6.07) is 60.2. The minimum absolute atomic E-state index is 0.833. The van der Waals surface area contributed by atoms with Gasteiger partial charge in [0.2, 0.25) is 0 Å². The minimum Gasteiger partial charge on any atom is -0.497 e. The first-order valence-corrected chi connectivity index (χ1v) is 21.9. The number of rotatable bonds is 16. The smallest absolute Gasteiger partial charge is 0.119 e. The van der Waals surface area contributed by atoms with E-state index in [4.69, 9.17) is 19.0 Å². The van der Waals surface area contributed by atoms with Gasteiger partial charge in [-0.1, -0.05) is 128 Å². The molecule has 0 radical (unpaired) electrons. The van der Waals surface area contributed by atoms with Gasteiger partial charge in [0.05, 0.1) is 25.6 Å². The van der Waals surface area contributed by atoms with Crippen molar-refractivity contribution in [1.82, 2.24) is 4.90 Å². The molecule has 7 heteroatoms. The number of nitrogens with zero attached hydrogens (tertiary/aromatic N) is 3. The van der Waals surface area contributed by atoms with Gasteiger partial charge in [0, 0.05) is 39.5 Å². The summed E-state index contributed by atoms with van der Waals surface area (Å²) in [5.41, 5.74) is 1.94. The number of hydrogen-bond donors (Lipinski definition) is 0. The fourth-order valence-electron chi connectivity index (χ4n) is 6.76. The molecule has 0 fully saturated rings. The number of hydrogen-bond acceptors (Lipinski definition) is 5. The normalized spacial score (nSPS) is 11.6. The predicted octanol–water partition coefficient (Wildman–Crippen LogP) is 10.1. The first-order chi connectivity index (χ1) is 25.6. The average molecular weight is 726 g/mol. The van der Waals surface area contributed by atoms with Gasteiger partial charge in [0.1, 0.15) is 11.5 Å². The molecule has 52 heavy (non-hydrogen) atoms. The highest BCUT2D eigenvalue weighted by Gasteiger charge is 2.29. The summed E-state index contributed by atoms with van der Waals surface area (Å²) in [5, 5.41) is 5.16. The van der Waals surface area contributed by atoms with Gasteiger partial charge in [-0.15, -0.1) is 0 Å². The first kappa shape index (κ1) is 37.1. The topological polar surface area (TPSA) is 46.4 Å². The van der Waals surface area contributed by atoms with Gasteiger partial charge >= 0.3 is 0 Å². The maximum atomic E-state index is 5.72. The molecule has 0 N–H and O–H groups in total. The van der Waals surface area contributed by atoms with Crippen LogP contribution in [0.3, 0.4) is 0 Å². The highest BCUT2D eigenvalue weighted by Crippen LogP contribution is 2.52. The summed E-state index contributed by atoms with van der Waals surface area (Å²) in [7, 11) is -1.09. The van der Waals surface area contributed by atoms with Crippen molar-refractivity contribution >= 4 is 46.7 Å². The van der Waals surface area contributed by atoms with Crippen LogP contribution in [0.1, 0.15) is 13.3 Å². The first-order valence-electron chi connectivity index (χ1n) is 18.0. The van der Waals surface area contributed by atoms with E-state index in [0.29, 0.717) is 0 Å². The third kappa shape index (κ3) is 8.85. The van der Waals surface area contributed by atoms with Crippen molar-refractivity contribution < 1.29 is 9.47 Å². The molecule has 0 amide bonds. The van der Waals surface area contributed by atoms with E-state index in [1.807, 2.05) is 24.3 Å². The molecule has 5 nitrogen and oxygen atoms in total. The Balaban J connectivity index is 1.42. The van der Waals surface area contributed by atoms with Crippen molar-refractivity contribution in [3.05, 3.63) is 170 Å². The van der Waals surface area contributed by atoms with E-state index in [1.165, 1.54) is 21.2 Å². The second kappa shape index (κ2) is 18.2. The maximum Gasteiger partial charge on any atom is 0.119 e. The fraction of sp³-hybridized carbons (Fsp3) is 0.200. The van der Waals surface area contributed by atoms with Crippen LogP contribution in [0.4, 0.5) is 11.4 Å². The van der Waals surface area contributed by atoms with Crippen molar-refractivity contribution in [3.8, 4) is 11.5 Å². The zero-order valence-corrected chi connectivity index (χ0v) is 32.2. The van der Waals surface area contributed by atoms with Crippen LogP contribution in [0.5, 0.6) is 11.5 Å². The van der Waals surface area contributed by atoms with Gasteiger partial charge in [0.15, 0.2) is 0 Å². The van der Waals surface area contributed by atoms with Crippen molar-refractivity contribution in [2.75, 3.05) is 46.2 Å². The Bertz CT molecular complexity index is 1840. The summed E-state index contributed by atoms with van der Waals surface area (Å²) < 4.78 is 22.4. The average Bonchev–Trinajstić information content (AvgIpc) is 3.22. The molecule has 0 aliphatic carbocycles. The zero-order valence-electron chi connectivity index (χ0n) is 30.5.